The van der Waals surface area contributed by atoms with Gasteiger partial charge in [-0.05, 0) is 38.5 Å². The van der Waals surface area contributed by atoms with E-state index in [9.17, 15) is 4.79 Å². The highest BCUT2D eigenvalue weighted by atomic mass is 35.5. The molecule has 3 N–H and O–H groups in total. The molecule has 2 fully saturated rings. The summed E-state index contributed by atoms with van der Waals surface area (Å²) in [5.41, 5.74) is 3.99. The van der Waals surface area contributed by atoms with Crippen LogP contribution in [0.4, 0.5) is 11.4 Å². The van der Waals surface area contributed by atoms with Crippen molar-refractivity contribution in [3.8, 4) is 22.8 Å². The van der Waals surface area contributed by atoms with Crippen LogP contribution in [0.2, 0.25) is 5.02 Å². The zero-order chi connectivity index (χ0) is 25.7. The number of ether oxygens (including phenoxy) is 4. The molecule has 0 unspecified atom stereocenters. The van der Waals surface area contributed by atoms with Crippen molar-refractivity contribution in [1.29, 1.82) is 0 Å². The Morgan fingerprint density at radius 3 is 2.95 bits per heavy atom. The molecule has 37 heavy (non-hydrogen) atoms. The topological polar surface area (TPSA) is 107 Å². The van der Waals surface area contributed by atoms with Crippen molar-refractivity contribution < 1.29 is 23.7 Å². The first-order valence-electron chi connectivity index (χ1n) is 12.3. The Morgan fingerprint density at radius 1 is 1.30 bits per heavy atom. The van der Waals surface area contributed by atoms with E-state index in [0.29, 0.717) is 53.3 Å². The van der Waals surface area contributed by atoms with Crippen molar-refractivity contribution in [3.05, 3.63) is 52.9 Å². The Morgan fingerprint density at radius 2 is 2.16 bits per heavy atom. The zero-order valence-corrected chi connectivity index (χ0v) is 21.6. The van der Waals surface area contributed by atoms with E-state index in [1.54, 1.807) is 25.6 Å². The third-order valence-corrected chi connectivity index (χ3v) is 7.27. The lowest BCUT2D eigenvalue weighted by Gasteiger charge is -2.34. The SMILES string of the molecule is COc1c(Cl)cccc1Nc1c(-c2ccncc2OC[C@@H]2COC(C)(C)CO2)[nH]c2c1C(=O)N[C@@H]1C[C@H]21. The Labute approximate surface area is 219 Å². The van der Waals surface area contributed by atoms with Gasteiger partial charge in [-0.25, -0.2) is 0 Å². The molecule has 10 heteroatoms. The number of para-hydroxylation sites is 1. The number of rotatable bonds is 7. The maximum atomic E-state index is 13.2. The van der Waals surface area contributed by atoms with Gasteiger partial charge in [-0.2, -0.15) is 0 Å². The Kier molecular flexibility index (Phi) is 6.01. The Bertz CT molecular complexity index is 1350. The predicted molar refractivity (Wildman–Crippen MR) is 139 cm³/mol. The second-order valence-electron chi connectivity index (χ2n) is 10.2. The van der Waals surface area contributed by atoms with E-state index < -0.39 is 0 Å². The van der Waals surface area contributed by atoms with Crippen LogP contribution in [0, 0.1) is 0 Å². The molecular weight excluding hydrogens is 496 g/mol. The number of aromatic nitrogens is 2. The van der Waals surface area contributed by atoms with Gasteiger partial charge in [0.2, 0.25) is 0 Å². The number of halogens is 1. The van der Waals surface area contributed by atoms with Gasteiger partial charge < -0.3 is 34.6 Å². The smallest absolute Gasteiger partial charge is 0.255 e. The summed E-state index contributed by atoms with van der Waals surface area (Å²) in [7, 11) is 1.56. The first-order chi connectivity index (χ1) is 17.8. The normalized spacial score (nSPS) is 23.5. The number of hydrogen-bond donors (Lipinski definition) is 3. The van der Waals surface area contributed by atoms with E-state index in [0.717, 1.165) is 23.4 Å². The van der Waals surface area contributed by atoms with E-state index in [4.69, 9.17) is 30.5 Å². The number of methoxy groups -OCH3 is 1. The van der Waals surface area contributed by atoms with Gasteiger partial charge >= 0.3 is 0 Å². The first-order valence-corrected chi connectivity index (χ1v) is 12.7. The van der Waals surface area contributed by atoms with Crippen LogP contribution < -0.4 is 20.1 Å². The van der Waals surface area contributed by atoms with Gasteiger partial charge in [0.05, 0.1) is 59.8 Å². The summed E-state index contributed by atoms with van der Waals surface area (Å²) in [5, 5.41) is 7.00. The number of nitrogens with zero attached hydrogens (tertiary/aromatic N) is 1. The van der Waals surface area contributed by atoms with Crippen LogP contribution in [0.25, 0.3) is 11.3 Å². The fourth-order valence-electron chi connectivity index (χ4n) is 4.93. The summed E-state index contributed by atoms with van der Waals surface area (Å²) in [6.45, 7) is 5.26. The minimum Gasteiger partial charge on any atom is -0.493 e. The van der Waals surface area contributed by atoms with Gasteiger partial charge in [0, 0.05) is 29.4 Å². The number of hydrogen-bond acceptors (Lipinski definition) is 7. The molecule has 6 rings (SSSR count). The third-order valence-electron chi connectivity index (χ3n) is 6.97. The Balaban J connectivity index is 1.37. The number of amides is 1. The third kappa shape index (κ3) is 4.52. The van der Waals surface area contributed by atoms with Crippen molar-refractivity contribution in [1.82, 2.24) is 15.3 Å². The summed E-state index contributed by atoms with van der Waals surface area (Å²) in [5.74, 6) is 1.20. The Hall–Kier alpha value is -3.27. The molecule has 9 nitrogen and oxygen atoms in total. The largest absolute Gasteiger partial charge is 0.493 e. The number of fused-ring (bicyclic) bond motifs is 3. The van der Waals surface area contributed by atoms with E-state index in [-0.39, 0.29) is 29.6 Å². The number of carbonyl (C=O) groups excluding carboxylic acids is 1. The van der Waals surface area contributed by atoms with E-state index in [1.807, 2.05) is 32.0 Å². The van der Waals surface area contributed by atoms with Gasteiger partial charge in [0.15, 0.2) is 5.75 Å². The summed E-state index contributed by atoms with van der Waals surface area (Å²) >= 11 is 6.38. The fraction of sp³-hybridized carbons (Fsp3) is 0.407. The van der Waals surface area contributed by atoms with Gasteiger partial charge in [-0.1, -0.05) is 17.7 Å². The van der Waals surface area contributed by atoms with Crippen LogP contribution in [0.1, 0.15) is 42.2 Å². The van der Waals surface area contributed by atoms with Crippen LogP contribution in [0.3, 0.4) is 0 Å². The van der Waals surface area contributed by atoms with E-state index in [2.05, 4.69) is 20.6 Å². The second kappa shape index (κ2) is 9.24. The van der Waals surface area contributed by atoms with Crippen molar-refractivity contribution in [2.75, 3.05) is 32.2 Å². The maximum Gasteiger partial charge on any atom is 0.255 e. The molecule has 3 aliphatic rings. The molecule has 1 saturated heterocycles. The highest BCUT2D eigenvalue weighted by molar-refractivity contribution is 6.32. The summed E-state index contributed by atoms with van der Waals surface area (Å²) in [6.07, 6.45) is 4.10. The highest BCUT2D eigenvalue weighted by Crippen LogP contribution is 2.51. The van der Waals surface area contributed by atoms with Crippen molar-refractivity contribution in [2.45, 2.75) is 43.9 Å². The average molecular weight is 525 g/mol. The minimum absolute atomic E-state index is 0.119. The molecule has 4 heterocycles. The number of carbonyl (C=O) groups is 1. The molecule has 1 aliphatic carbocycles. The first kappa shape index (κ1) is 24.1. The molecule has 3 atom stereocenters. The van der Waals surface area contributed by atoms with Crippen molar-refractivity contribution >= 4 is 28.9 Å². The van der Waals surface area contributed by atoms with Crippen LogP contribution in [0.5, 0.6) is 11.5 Å². The predicted octanol–water partition coefficient (Wildman–Crippen LogP) is 4.65. The standard InChI is InChI=1S/C27H29ClN4O5/c1-27(2)13-36-14(12-37-27)11-35-20-10-29-8-7-15(20)23-24(30-18-6-4-5-17(28)25(18)34-3)21-22(32-23)16-9-19(16)31-26(21)33/h4-8,10,14,16,19,30,32H,9,11-13H2,1-3H3,(H,31,33)/t14-,16+,19-/m1/s1. The molecule has 0 bridgehead atoms. The number of anilines is 2. The van der Waals surface area contributed by atoms with Crippen LogP contribution in [0.15, 0.2) is 36.7 Å². The number of pyridine rings is 1. The highest BCUT2D eigenvalue weighted by Gasteiger charge is 2.48. The molecule has 194 valence electrons. The lowest BCUT2D eigenvalue weighted by molar-refractivity contribution is -0.181. The molecule has 1 saturated carbocycles. The molecule has 0 radical (unpaired) electrons. The van der Waals surface area contributed by atoms with Gasteiger partial charge in [0.25, 0.3) is 5.91 Å². The summed E-state index contributed by atoms with van der Waals surface area (Å²) < 4.78 is 23.6. The van der Waals surface area contributed by atoms with Crippen molar-refractivity contribution in [2.24, 2.45) is 0 Å². The quantitative estimate of drug-likeness (QED) is 0.413. The van der Waals surface area contributed by atoms with Gasteiger partial charge in [0.1, 0.15) is 18.5 Å². The molecular formula is C27H29ClN4O5. The minimum atomic E-state index is -0.303. The van der Waals surface area contributed by atoms with Crippen molar-refractivity contribution in [3.63, 3.8) is 0 Å². The molecule has 0 spiro atoms. The maximum absolute atomic E-state index is 13.2. The molecule has 2 aromatic heterocycles. The van der Waals surface area contributed by atoms with Gasteiger partial charge in [-0.3, -0.25) is 9.78 Å². The van der Waals surface area contributed by atoms with E-state index >= 15 is 0 Å². The molecule has 1 aromatic carbocycles. The number of nitrogens with one attached hydrogen (secondary N) is 3. The van der Waals surface area contributed by atoms with Crippen LogP contribution in [-0.2, 0) is 9.47 Å². The average Bonchev–Trinajstić information content (AvgIpc) is 3.55. The monoisotopic (exact) mass is 524 g/mol. The molecule has 1 amide bonds. The van der Waals surface area contributed by atoms with E-state index in [1.165, 1.54) is 0 Å². The number of H-pyrrole nitrogens is 1. The lowest BCUT2D eigenvalue weighted by Crippen LogP contribution is -2.44. The summed E-state index contributed by atoms with van der Waals surface area (Å²) in [6, 6.07) is 7.49. The number of benzene rings is 1. The molecule has 2 aliphatic heterocycles. The summed E-state index contributed by atoms with van der Waals surface area (Å²) in [4.78, 5) is 21.0. The fourth-order valence-corrected chi connectivity index (χ4v) is 5.18. The van der Waals surface area contributed by atoms with Crippen LogP contribution in [-0.4, -0.2) is 60.6 Å². The zero-order valence-electron chi connectivity index (χ0n) is 20.9. The van der Waals surface area contributed by atoms with Crippen LogP contribution >= 0.6 is 11.6 Å². The molecule has 3 aromatic rings. The van der Waals surface area contributed by atoms with Gasteiger partial charge in [-0.15, -0.1) is 0 Å². The lowest BCUT2D eigenvalue weighted by atomic mass is 10.0. The number of aromatic amines is 1. The second-order valence-corrected chi connectivity index (χ2v) is 10.6.